The number of aryl methyl sites for hydroxylation is 2. The average Bonchev–Trinajstić information content (AvgIpc) is 2.02. The number of benzene rings is 1. The first kappa shape index (κ1) is 10.3. The van der Waals surface area contributed by atoms with Crippen molar-refractivity contribution in [3.8, 4) is 0 Å². The summed E-state index contributed by atoms with van der Waals surface area (Å²) in [4.78, 5) is 1.04. The fourth-order valence-corrected chi connectivity index (χ4v) is 0.994. The summed E-state index contributed by atoms with van der Waals surface area (Å²) in [7, 11) is 0. The van der Waals surface area contributed by atoms with E-state index in [1.165, 1.54) is 11.1 Å². The maximum Gasteiger partial charge on any atom is 0.00428 e. The van der Waals surface area contributed by atoms with Gasteiger partial charge in [-0.3, -0.25) is 0 Å². The SMILES string of the molecule is C=C.Cc1ccc(S)cc1C. The van der Waals surface area contributed by atoms with Crippen LogP contribution in [0.5, 0.6) is 0 Å². The van der Waals surface area contributed by atoms with Gasteiger partial charge in [0.15, 0.2) is 0 Å². The molecule has 1 aromatic rings. The predicted molar refractivity (Wildman–Crippen MR) is 54.4 cm³/mol. The molecule has 1 rings (SSSR count). The molecule has 0 saturated carbocycles. The third-order valence-electron chi connectivity index (χ3n) is 1.49. The van der Waals surface area contributed by atoms with Gasteiger partial charge in [0.1, 0.15) is 0 Å². The van der Waals surface area contributed by atoms with E-state index < -0.39 is 0 Å². The number of thiol groups is 1. The van der Waals surface area contributed by atoms with E-state index in [1.807, 2.05) is 6.07 Å². The molecule has 0 aromatic heterocycles. The third-order valence-corrected chi connectivity index (χ3v) is 1.77. The van der Waals surface area contributed by atoms with Crippen molar-refractivity contribution in [3.05, 3.63) is 42.5 Å². The van der Waals surface area contributed by atoms with Crippen LogP contribution in [0, 0.1) is 13.8 Å². The minimum absolute atomic E-state index is 1.04. The second-order valence-corrected chi connectivity index (χ2v) is 2.78. The molecule has 0 bridgehead atoms. The van der Waals surface area contributed by atoms with Crippen LogP contribution in [-0.2, 0) is 0 Å². The second kappa shape index (κ2) is 5.03. The van der Waals surface area contributed by atoms with Gasteiger partial charge in [-0.1, -0.05) is 6.07 Å². The molecule has 0 aliphatic carbocycles. The van der Waals surface area contributed by atoms with Crippen molar-refractivity contribution in [1.29, 1.82) is 0 Å². The van der Waals surface area contributed by atoms with Gasteiger partial charge in [-0.05, 0) is 37.1 Å². The predicted octanol–water partition coefficient (Wildman–Crippen LogP) is 3.39. The highest BCUT2D eigenvalue weighted by molar-refractivity contribution is 7.80. The Morgan fingerprint density at radius 1 is 1.09 bits per heavy atom. The highest BCUT2D eigenvalue weighted by atomic mass is 32.1. The van der Waals surface area contributed by atoms with Crippen LogP contribution in [0.1, 0.15) is 11.1 Å². The molecule has 0 N–H and O–H groups in total. The van der Waals surface area contributed by atoms with Gasteiger partial charge in [0.2, 0.25) is 0 Å². The molecule has 0 amide bonds. The minimum atomic E-state index is 1.04. The van der Waals surface area contributed by atoms with Crippen molar-refractivity contribution in [2.45, 2.75) is 18.7 Å². The number of rotatable bonds is 0. The maximum atomic E-state index is 4.20. The first-order valence-corrected chi connectivity index (χ1v) is 3.91. The van der Waals surface area contributed by atoms with E-state index in [0.717, 1.165) is 4.90 Å². The van der Waals surface area contributed by atoms with Crippen molar-refractivity contribution >= 4 is 12.6 Å². The van der Waals surface area contributed by atoms with Crippen LogP contribution in [0.25, 0.3) is 0 Å². The molecule has 0 radical (unpaired) electrons. The Kier molecular flexibility index (Phi) is 4.71. The molecule has 0 spiro atoms. The molecule has 0 fully saturated rings. The van der Waals surface area contributed by atoms with Gasteiger partial charge >= 0.3 is 0 Å². The molecular weight excluding hydrogens is 152 g/mol. The van der Waals surface area contributed by atoms with E-state index in [0.29, 0.717) is 0 Å². The summed E-state index contributed by atoms with van der Waals surface area (Å²) in [5.74, 6) is 0. The molecule has 0 atom stereocenters. The van der Waals surface area contributed by atoms with Crippen LogP contribution in [-0.4, -0.2) is 0 Å². The topological polar surface area (TPSA) is 0 Å². The largest absolute Gasteiger partial charge is 0.143 e. The van der Waals surface area contributed by atoms with Gasteiger partial charge in [0.05, 0.1) is 0 Å². The quantitative estimate of drug-likeness (QED) is 0.443. The lowest BCUT2D eigenvalue weighted by Crippen LogP contribution is -1.77. The van der Waals surface area contributed by atoms with E-state index in [2.05, 4.69) is 51.8 Å². The molecule has 0 aliphatic heterocycles. The van der Waals surface area contributed by atoms with E-state index >= 15 is 0 Å². The highest BCUT2D eigenvalue weighted by Crippen LogP contribution is 2.11. The third kappa shape index (κ3) is 3.28. The van der Waals surface area contributed by atoms with E-state index in [1.54, 1.807) is 0 Å². The molecule has 0 heterocycles. The number of hydrogen-bond acceptors (Lipinski definition) is 1. The monoisotopic (exact) mass is 166 g/mol. The Morgan fingerprint density at radius 3 is 2.00 bits per heavy atom. The number of hydrogen-bond donors (Lipinski definition) is 1. The molecule has 60 valence electrons. The van der Waals surface area contributed by atoms with Gasteiger partial charge in [0.25, 0.3) is 0 Å². The van der Waals surface area contributed by atoms with Crippen LogP contribution >= 0.6 is 12.6 Å². The summed E-state index contributed by atoms with van der Waals surface area (Å²) in [5.41, 5.74) is 2.63. The molecule has 11 heavy (non-hydrogen) atoms. The minimum Gasteiger partial charge on any atom is -0.143 e. The Hall–Kier alpha value is -0.690. The highest BCUT2D eigenvalue weighted by Gasteiger charge is 1.89. The van der Waals surface area contributed by atoms with E-state index in [-0.39, 0.29) is 0 Å². The fraction of sp³-hybridized carbons (Fsp3) is 0.200. The van der Waals surface area contributed by atoms with E-state index in [4.69, 9.17) is 0 Å². The average molecular weight is 166 g/mol. The lowest BCUT2D eigenvalue weighted by Gasteiger charge is -1.97. The summed E-state index contributed by atoms with van der Waals surface area (Å²) in [6.07, 6.45) is 0. The standard InChI is InChI=1S/C8H10S.C2H4/c1-6-3-4-8(9)5-7(6)2;1-2/h3-5,9H,1-2H3;1-2H2. The van der Waals surface area contributed by atoms with Crippen molar-refractivity contribution in [2.75, 3.05) is 0 Å². The Balaban J connectivity index is 0.000000461. The molecule has 0 saturated heterocycles. The zero-order valence-corrected chi connectivity index (χ0v) is 7.99. The molecule has 1 aromatic carbocycles. The normalized spacial score (nSPS) is 8.27. The smallest absolute Gasteiger partial charge is 0.00428 e. The second-order valence-electron chi connectivity index (χ2n) is 2.27. The van der Waals surface area contributed by atoms with Crippen LogP contribution in [0.15, 0.2) is 36.3 Å². The van der Waals surface area contributed by atoms with Crippen molar-refractivity contribution < 1.29 is 0 Å². The van der Waals surface area contributed by atoms with Gasteiger partial charge in [-0.15, -0.1) is 25.8 Å². The van der Waals surface area contributed by atoms with Crippen LogP contribution in [0.3, 0.4) is 0 Å². The summed E-state index contributed by atoms with van der Waals surface area (Å²) >= 11 is 4.20. The van der Waals surface area contributed by atoms with Gasteiger partial charge in [-0.2, -0.15) is 0 Å². The summed E-state index contributed by atoms with van der Waals surface area (Å²) in [6.45, 7) is 10.2. The Bertz CT molecular complexity index is 228. The Labute approximate surface area is 74.4 Å². The first-order chi connectivity index (χ1) is 5.20. The first-order valence-electron chi connectivity index (χ1n) is 3.46. The van der Waals surface area contributed by atoms with Gasteiger partial charge < -0.3 is 0 Å². The van der Waals surface area contributed by atoms with Crippen LogP contribution in [0.2, 0.25) is 0 Å². The lowest BCUT2D eigenvalue weighted by atomic mass is 10.1. The van der Waals surface area contributed by atoms with Crippen LogP contribution in [0.4, 0.5) is 0 Å². The van der Waals surface area contributed by atoms with Crippen molar-refractivity contribution in [1.82, 2.24) is 0 Å². The summed E-state index contributed by atoms with van der Waals surface area (Å²) in [6, 6.07) is 6.15. The molecule has 0 unspecified atom stereocenters. The van der Waals surface area contributed by atoms with Gasteiger partial charge in [-0.25, -0.2) is 0 Å². The Morgan fingerprint density at radius 2 is 1.64 bits per heavy atom. The zero-order valence-electron chi connectivity index (χ0n) is 7.09. The molecule has 1 heteroatoms. The lowest BCUT2D eigenvalue weighted by molar-refractivity contribution is 1.28. The van der Waals surface area contributed by atoms with Crippen molar-refractivity contribution in [3.63, 3.8) is 0 Å². The fourth-order valence-electron chi connectivity index (χ4n) is 0.726. The van der Waals surface area contributed by atoms with E-state index in [9.17, 15) is 0 Å². The van der Waals surface area contributed by atoms with Crippen LogP contribution < -0.4 is 0 Å². The molecule has 0 nitrogen and oxygen atoms in total. The van der Waals surface area contributed by atoms with Crippen molar-refractivity contribution in [2.24, 2.45) is 0 Å². The maximum absolute atomic E-state index is 4.20. The zero-order chi connectivity index (χ0) is 8.85. The van der Waals surface area contributed by atoms with Gasteiger partial charge in [0, 0.05) is 4.90 Å². The summed E-state index contributed by atoms with van der Waals surface area (Å²) < 4.78 is 0. The summed E-state index contributed by atoms with van der Waals surface area (Å²) in [5, 5.41) is 0. The molecule has 0 aliphatic rings. The molecular formula is C10H14S.